The highest BCUT2D eigenvalue weighted by molar-refractivity contribution is 6.05. The van der Waals surface area contributed by atoms with E-state index in [0.29, 0.717) is 18.0 Å². The molecule has 0 aliphatic heterocycles. The van der Waals surface area contributed by atoms with E-state index in [1.165, 1.54) is 0 Å². The summed E-state index contributed by atoms with van der Waals surface area (Å²) in [6.07, 6.45) is 0.672. The lowest BCUT2D eigenvalue weighted by Crippen LogP contribution is -2.14. The van der Waals surface area contributed by atoms with Crippen LogP contribution in [0.2, 0.25) is 0 Å². The van der Waals surface area contributed by atoms with Crippen LogP contribution in [0.1, 0.15) is 29.0 Å². The number of rotatable bonds is 3. The minimum Gasteiger partial charge on any atom is -0.408 e. The largest absolute Gasteiger partial charge is 0.408 e. The van der Waals surface area contributed by atoms with Crippen molar-refractivity contribution in [2.24, 2.45) is 0 Å². The minimum absolute atomic E-state index is 0.0212. The van der Waals surface area contributed by atoms with Gasteiger partial charge in [0.15, 0.2) is 5.69 Å². The van der Waals surface area contributed by atoms with Crippen LogP contribution in [0.25, 0.3) is 0 Å². The molecule has 17 heavy (non-hydrogen) atoms. The average molecular weight is 236 g/mol. The molecule has 0 aliphatic carbocycles. The number of aromatic nitrogens is 4. The van der Waals surface area contributed by atoms with Crippen molar-refractivity contribution in [3.8, 4) is 0 Å². The second-order valence-electron chi connectivity index (χ2n) is 3.40. The zero-order valence-electron chi connectivity index (χ0n) is 9.44. The Balaban J connectivity index is 2.17. The van der Waals surface area contributed by atoms with Gasteiger partial charge >= 0.3 is 6.01 Å². The van der Waals surface area contributed by atoms with Crippen LogP contribution < -0.4 is 11.1 Å². The topological polar surface area (TPSA) is 123 Å². The molecule has 0 bridgehead atoms. The summed E-state index contributed by atoms with van der Waals surface area (Å²) in [7, 11) is 0. The van der Waals surface area contributed by atoms with Gasteiger partial charge in [-0.2, -0.15) is 5.10 Å². The Hall–Kier alpha value is -2.38. The highest BCUT2D eigenvalue weighted by Crippen LogP contribution is 2.15. The van der Waals surface area contributed by atoms with Crippen molar-refractivity contribution in [3.63, 3.8) is 0 Å². The number of amides is 1. The van der Waals surface area contributed by atoms with Crippen molar-refractivity contribution >= 4 is 17.6 Å². The predicted octanol–water partition coefficient (Wildman–Crippen LogP) is 0.498. The van der Waals surface area contributed by atoms with Crippen LogP contribution in [0.15, 0.2) is 4.42 Å². The molecule has 0 atom stereocenters. The lowest BCUT2D eigenvalue weighted by atomic mass is 10.2. The SMILES string of the molecule is CCc1[nH]nc(C(=O)Nc2nnc(C)o2)c1N. The number of aromatic amines is 1. The number of aryl methyl sites for hydroxylation is 2. The van der Waals surface area contributed by atoms with Crippen LogP contribution in [-0.2, 0) is 6.42 Å². The first-order valence-electron chi connectivity index (χ1n) is 5.06. The molecule has 8 heteroatoms. The fourth-order valence-electron chi connectivity index (χ4n) is 1.33. The van der Waals surface area contributed by atoms with E-state index in [4.69, 9.17) is 10.2 Å². The highest BCUT2D eigenvalue weighted by Gasteiger charge is 2.18. The molecule has 0 saturated carbocycles. The summed E-state index contributed by atoms with van der Waals surface area (Å²) in [5, 5.41) is 16.2. The van der Waals surface area contributed by atoms with E-state index < -0.39 is 5.91 Å². The van der Waals surface area contributed by atoms with Crippen LogP contribution in [0.3, 0.4) is 0 Å². The summed E-state index contributed by atoms with van der Waals surface area (Å²) < 4.78 is 5.02. The van der Waals surface area contributed by atoms with E-state index in [0.717, 1.165) is 5.69 Å². The van der Waals surface area contributed by atoms with Gasteiger partial charge in [0.05, 0.1) is 11.4 Å². The van der Waals surface area contributed by atoms with Crippen molar-refractivity contribution in [2.75, 3.05) is 11.1 Å². The number of nitrogen functional groups attached to an aromatic ring is 1. The number of anilines is 2. The third-order valence-corrected chi connectivity index (χ3v) is 2.20. The maximum atomic E-state index is 11.8. The van der Waals surface area contributed by atoms with E-state index in [-0.39, 0.29) is 11.7 Å². The lowest BCUT2D eigenvalue weighted by molar-refractivity contribution is 0.102. The maximum Gasteiger partial charge on any atom is 0.322 e. The van der Waals surface area contributed by atoms with Crippen LogP contribution in [0.4, 0.5) is 11.7 Å². The number of H-pyrrole nitrogens is 1. The molecule has 2 aromatic heterocycles. The van der Waals surface area contributed by atoms with Gasteiger partial charge in [0, 0.05) is 6.92 Å². The second-order valence-corrected chi connectivity index (χ2v) is 3.40. The molecule has 0 spiro atoms. The van der Waals surface area contributed by atoms with Crippen LogP contribution >= 0.6 is 0 Å². The van der Waals surface area contributed by atoms with Crippen molar-refractivity contribution < 1.29 is 9.21 Å². The third kappa shape index (κ3) is 2.10. The van der Waals surface area contributed by atoms with Crippen LogP contribution in [-0.4, -0.2) is 26.3 Å². The number of nitrogens with zero attached hydrogens (tertiary/aromatic N) is 3. The molecule has 0 aliphatic rings. The van der Waals surface area contributed by atoms with Gasteiger partial charge in [-0.3, -0.25) is 15.2 Å². The first-order chi connectivity index (χ1) is 8.11. The number of carbonyl (C=O) groups excluding carboxylic acids is 1. The molecule has 0 fully saturated rings. The van der Waals surface area contributed by atoms with Gasteiger partial charge in [-0.25, -0.2) is 0 Å². The monoisotopic (exact) mass is 236 g/mol. The molecule has 0 radical (unpaired) electrons. The van der Waals surface area contributed by atoms with Crippen LogP contribution in [0, 0.1) is 6.92 Å². The van der Waals surface area contributed by atoms with E-state index in [1.54, 1.807) is 6.92 Å². The number of nitrogens with one attached hydrogen (secondary N) is 2. The maximum absolute atomic E-state index is 11.8. The van der Waals surface area contributed by atoms with Crippen molar-refractivity contribution in [1.29, 1.82) is 0 Å². The summed E-state index contributed by atoms with van der Waals surface area (Å²) in [4.78, 5) is 11.8. The van der Waals surface area contributed by atoms with Crippen molar-refractivity contribution in [1.82, 2.24) is 20.4 Å². The fraction of sp³-hybridized carbons (Fsp3) is 0.333. The summed E-state index contributed by atoms with van der Waals surface area (Å²) in [5.74, 6) is -0.119. The Morgan fingerprint density at radius 1 is 1.53 bits per heavy atom. The molecule has 2 rings (SSSR count). The van der Waals surface area contributed by atoms with Gasteiger partial charge in [-0.05, 0) is 6.42 Å². The second kappa shape index (κ2) is 4.24. The van der Waals surface area contributed by atoms with Crippen molar-refractivity contribution in [2.45, 2.75) is 20.3 Å². The summed E-state index contributed by atoms with van der Waals surface area (Å²) in [5.41, 5.74) is 6.93. The smallest absolute Gasteiger partial charge is 0.322 e. The number of carbonyl (C=O) groups is 1. The molecule has 8 nitrogen and oxygen atoms in total. The quantitative estimate of drug-likeness (QED) is 0.713. The van der Waals surface area contributed by atoms with E-state index in [9.17, 15) is 4.79 Å². The van der Waals surface area contributed by atoms with Gasteiger partial charge in [0.1, 0.15) is 0 Å². The van der Waals surface area contributed by atoms with Gasteiger partial charge in [0.2, 0.25) is 5.89 Å². The van der Waals surface area contributed by atoms with Gasteiger partial charge in [0.25, 0.3) is 5.91 Å². The Kier molecular flexibility index (Phi) is 2.77. The van der Waals surface area contributed by atoms with Gasteiger partial charge < -0.3 is 10.2 Å². The minimum atomic E-state index is -0.484. The number of hydrogen-bond acceptors (Lipinski definition) is 6. The fourth-order valence-corrected chi connectivity index (χ4v) is 1.33. The predicted molar refractivity (Wildman–Crippen MR) is 59.4 cm³/mol. The molecule has 2 heterocycles. The highest BCUT2D eigenvalue weighted by atomic mass is 16.4. The Bertz CT molecular complexity index is 543. The van der Waals surface area contributed by atoms with Crippen molar-refractivity contribution in [3.05, 3.63) is 17.3 Å². The first kappa shape index (κ1) is 11.1. The zero-order chi connectivity index (χ0) is 12.4. The zero-order valence-corrected chi connectivity index (χ0v) is 9.44. The average Bonchev–Trinajstić information content (AvgIpc) is 2.85. The van der Waals surface area contributed by atoms with Crippen LogP contribution in [0.5, 0.6) is 0 Å². The summed E-state index contributed by atoms with van der Waals surface area (Å²) in [6.45, 7) is 3.54. The lowest BCUT2D eigenvalue weighted by Gasteiger charge is -1.98. The molecular formula is C9H12N6O2. The molecule has 90 valence electrons. The van der Waals surface area contributed by atoms with Gasteiger partial charge in [-0.15, -0.1) is 5.10 Å². The molecule has 1 amide bonds. The van der Waals surface area contributed by atoms with E-state index >= 15 is 0 Å². The normalized spacial score (nSPS) is 10.5. The molecule has 2 aromatic rings. The Morgan fingerprint density at radius 2 is 2.29 bits per heavy atom. The summed E-state index contributed by atoms with van der Waals surface area (Å²) in [6, 6.07) is 0.0212. The van der Waals surface area contributed by atoms with Gasteiger partial charge in [-0.1, -0.05) is 12.0 Å². The number of hydrogen-bond donors (Lipinski definition) is 3. The molecule has 0 saturated heterocycles. The summed E-state index contributed by atoms with van der Waals surface area (Å²) >= 11 is 0. The van der Waals surface area contributed by atoms with E-state index in [1.807, 2.05) is 6.92 Å². The molecule has 4 N–H and O–H groups in total. The number of nitrogens with two attached hydrogens (primary N) is 1. The standard InChI is InChI=1S/C9H12N6O2/c1-3-5-6(10)7(14-13-5)8(16)11-9-15-12-4(2)17-9/h3,10H2,1-2H3,(H,13,14)(H,11,15,16). The molecular weight excluding hydrogens is 224 g/mol. The Labute approximate surface area is 96.6 Å². The molecule has 0 unspecified atom stereocenters. The molecule has 0 aromatic carbocycles. The Morgan fingerprint density at radius 3 is 2.82 bits per heavy atom. The third-order valence-electron chi connectivity index (χ3n) is 2.20. The van der Waals surface area contributed by atoms with E-state index in [2.05, 4.69) is 25.7 Å². The first-order valence-corrected chi connectivity index (χ1v) is 5.06.